The molecule has 5 heteroatoms. The second-order valence-electron chi connectivity index (χ2n) is 3.61. The first-order valence-electron chi connectivity index (χ1n) is 5.79. The van der Waals surface area contributed by atoms with Gasteiger partial charge in [0.25, 0.3) is 0 Å². The molecule has 0 bridgehead atoms. The molecular weight excluding hydrogens is 238 g/mol. The Balaban J connectivity index is 2.04. The third-order valence-electron chi connectivity index (χ3n) is 2.31. The Morgan fingerprint density at radius 1 is 1.29 bits per heavy atom. The van der Waals surface area contributed by atoms with Crippen LogP contribution in [0, 0.1) is 0 Å². The maximum absolute atomic E-state index is 5.67. The van der Waals surface area contributed by atoms with Gasteiger partial charge in [0.05, 0.1) is 19.3 Å². The standard InChI is InChI=1S/C12H21NO3S/c1-14-4-2-5-15-6-7-16-12(9-13)11-3-8-17-10-11/h3,8,10,12H,2,4-7,9,13H2,1H3. The van der Waals surface area contributed by atoms with Gasteiger partial charge in [-0.15, -0.1) is 0 Å². The lowest BCUT2D eigenvalue weighted by Crippen LogP contribution is -2.18. The summed E-state index contributed by atoms with van der Waals surface area (Å²) in [6.07, 6.45) is 0.908. The van der Waals surface area contributed by atoms with Crippen molar-refractivity contribution in [3.05, 3.63) is 22.4 Å². The molecule has 0 aliphatic carbocycles. The van der Waals surface area contributed by atoms with E-state index in [-0.39, 0.29) is 6.10 Å². The predicted molar refractivity (Wildman–Crippen MR) is 69.4 cm³/mol. The van der Waals surface area contributed by atoms with Crippen molar-refractivity contribution in [3.8, 4) is 0 Å². The van der Waals surface area contributed by atoms with E-state index in [4.69, 9.17) is 19.9 Å². The molecule has 17 heavy (non-hydrogen) atoms. The molecule has 0 fully saturated rings. The molecule has 0 aromatic carbocycles. The maximum atomic E-state index is 5.67. The van der Waals surface area contributed by atoms with Crippen molar-refractivity contribution in [2.45, 2.75) is 12.5 Å². The fourth-order valence-corrected chi connectivity index (χ4v) is 2.12. The van der Waals surface area contributed by atoms with E-state index in [1.54, 1.807) is 18.4 Å². The molecule has 0 amide bonds. The molecule has 1 atom stereocenters. The highest BCUT2D eigenvalue weighted by Crippen LogP contribution is 2.18. The monoisotopic (exact) mass is 259 g/mol. The molecule has 0 aliphatic rings. The highest BCUT2D eigenvalue weighted by atomic mass is 32.1. The second kappa shape index (κ2) is 9.56. The lowest BCUT2D eigenvalue weighted by molar-refractivity contribution is 0.00404. The van der Waals surface area contributed by atoms with Crippen LogP contribution in [0.15, 0.2) is 16.8 Å². The number of ether oxygens (including phenoxy) is 3. The van der Waals surface area contributed by atoms with Crippen molar-refractivity contribution in [3.63, 3.8) is 0 Å². The number of rotatable bonds is 10. The first-order chi connectivity index (χ1) is 8.38. The Labute approximate surface area is 107 Å². The first-order valence-corrected chi connectivity index (χ1v) is 6.73. The van der Waals surface area contributed by atoms with Crippen molar-refractivity contribution < 1.29 is 14.2 Å². The van der Waals surface area contributed by atoms with Crippen LogP contribution in [0.2, 0.25) is 0 Å². The molecular formula is C12H21NO3S. The molecule has 0 saturated carbocycles. The molecule has 1 aromatic rings. The normalized spacial score (nSPS) is 12.8. The van der Waals surface area contributed by atoms with E-state index in [2.05, 4.69) is 5.38 Å². The van der Waals surface area contributed by atoms with E-state index in [1.807, 2.05) is 11.4 Å². The van der Waals surface area contributed by atoms with Gasteiger partial charge in [0.2, 0.25) is 0 Å². The minimum Gasteiger partial charge on any atom is -0.385 e. The largest absolute Gasteiger partial charge is 0.385 e. The second-order valence-corrected chi connectivity index (χ2v) is 4.39. The van der Waals surface area contributed by atoms with Crippen molar-refractivity contribution in [1.82, 2.24) is 0 Å². The Hall–Kier alpha value is -0.460. The number of methoxy groups -OCH3 is 1. The molecule has 0 radical (unpaired) electrons. The Bertz CT molecular complexity index is 267. The molecule has 0 saturated heterocycles. The van der Waals surface area contributed by atoms with E-state index in [0.717, 1.165) is 18.6 Å². The van der Waals surface area contributed by atoms with Crippen LogP contribution in [-0.4, -0.2) is 40.1 Å². The summed E-state index contributed by atoms with van der Waals surface area (Å²) in [5, 5.41) is 4.10. The van der Waals surface area contributed by atoms with E-state index in [0.29, 0.717) is 26.4 Å². The SMILES string of the molecule is COCCCOCCOC(CN)c1ccsc1. The van der Waals surface area contributed by atoms with Gasteiger partial charge in [0, 0.05) is 26.9 Å². The van der Waals surface area contributed by atoms with Gasteiger partial charge in [-0.3, -0.25) is 0 Å². The first kappa shape index (κ1) is 14.6. The number of hydrogen-bond acceptors (Lipinski definition) is 5. The third kappa shape index (κ3) is 6.14. The Kier molecular flexibility index (Phi) is 8.21. The average Bonchev–Trinajstić information content (AvgIpc) is 2.86. The predicted octanol–water partition coefficient (Wildman–Crippen LogP) is 1.82. The molecule has 0 spiro atoms. The summed E-state index contributed by atoms with van der Waals surface area (Å²) >= 11 is 1.66. The number of thiophene rings is 1. The lowest BCUT2D eigenvalue weighted by Gasteiger charge is -2.14. The zero-order valence-electron chi connectivity index (χ0n) is 10.3. The van der Waals surface area contributed by atoms with Gasteiger partial charge >= 0.3 is 0 Å². The summed E-state index contributed by atoms with van der Waals surface area (Å²) < 4.78 is 16.0. The summed E-state index contributed by atoms with van der Waals surface area (Å²) in [6.45, 7) is 3.12. The summed E-state index contributed by atoms with van der Waals surface area (Å²) in [5.74, 6) is 0. The molecule has 1 aromatic heterocycles. The molecule has 1 rings (SSSR count). The van der Waals surface area contributed by atoms with Crippen molar-refractivity contribution in [2.75, 3.05) is 40.1 Å². The average molecular weight is 259 g/mol. The molecule has 1 heterocycles. The highest BCUT2D eigenvalue weighted by molar-refractivity contribution is 7.07. The van der Waals surface area contributed by atoms with Crippen molar-refractivity contribution in [1.29, 1.82) is 0 Å². The van der Waals surface area contributed by atoms with Crippen LogP contribution >= 0.6 is 11.3 Å². The van der Waals surface area contributed by atoms with Crippen LogP contribution in [0.25, 0.3) is 0 Å². The van der Waals surface area contributed by atoms with Gasteiger partial charge in [0.1, 0.15) is 0 Å². The Morgan fingerprint density at radius 2 is 2.18 bits per heavy atom. The summed E-state index contributed by atoms with van der Waals surface area (Å²) in [7, 11) is 1.69. The zero-order chi connectivity index (χ0) is 12.3. The summed E-state index contributed by atoms with van der Waals surface area (Å²) in [5.41, 5.74) is 6.82. The van der Waals surface area contributed by atoms with Gasteiger partial charge in [-0.2, -0.15) is 11.3 Å². The smallest absolute Gasteiger partial charge is 0.0956 e. The van der Waals surface area contributed by atoms with E-state index < -0.39 is 0 Å². The van der Waals surface area contributed by atoms with Gasteiger partial charge in [-0.1, -0.05) is 0 Å². The molecule has 0 aliphatic heterocycles. The number of nitrogens with two attached hydrogens (primary N) is 1. The topological polar surface area (TPSA) is 53.7 Å². The van der Waals surface area contributed by atoms with Crippen molar-refractivity contribution >= 4 is 11.3 Å². The molecule has 1 unspecified atom stereocenters. The molecule has 98 valence electrons. The summed E-state index contributed by atoms with van der Waals surface area (Å²) in [6, 6.07) is 2.04. The van der Waals surface area contributed by atoms with Crippen molar-refractivity contribution in [2.24, 2.45) is 5.73 Å². The van der Waals surface area contributed by atoms with E-state index in [1.165, 1.54) is 0 Å². The zero-order valence-corrected chi connectivity index (χ0v) is 11.1. The number of hydrogen-bond donors (Lipinski definition) is 1. The quantitative estimate of drug-likeness (QED) is 0.651. The maximum Gasteiger partial charge on any atom is 0.0956 e. The van der Waals surface area contributed by atoms with Crippen LogP contribution in [0.3, 0.4) is 0 Å². The van der Waals surface area contributed by atoms with E-state index >= 15 is 0 Å². The Morgan fingerprint density at radius 3 is 2.82 bits per heavy atom. The van der Waals surface area contributed by atoms with Gasteiger partial charge in [-0.25, -0.2) is 0 Å². The molecule has 4 nitrogen and oxygen atoms in total. The highest BCUT2D eigenvalue weighted by Gasteiger charge is 2.09. The van der Waals surface area contributed by atoms with Crippen LogP contribution in [0.1, 0.15) is 18.1 Å². The van der Waals surface area contributed by atoms with Gasteiger partial charge in [-0.05, 0) is 28.8 Å². The summed E-state index contributed by atoms with van der Waals surface area (Å²) in [4.78, 5) is 0. The fraction of sp³-hybridized carbons (Fsp3) is 0.667. The van der Waals surface area contributed by atoms with Gasteiger partial charge in [0.15, 0.2) is 0 Å². The van der Waals surface area contributed by atoms with Crippen LogP contribution in [0.5, 0.6) is 0 Å². The van der Waals surface area contributed by atoms with E-state index in [9.17, 15) is 0 Å². The fourth-order valence-electron chi connectivity index (χ4n) is 1.42. The minimum absolute atomic E-state index is 0.0103. The third-order valence-corrected chi connectivity index (χ3v) is 3.01. The van der Waals surface area contributed by atoms with Gasteiger partial charge < -0.3 is 19.9 Å². The van der Waals surface area contributed by atoms with Crippen LogP contribution in [0.4, 0.5) is 0 Å². The van der Waals surface area contributed by atoms with Crippen LogP contribution < -0.4 is 5.73 Å². The lowest BCUT2D eigenvalue weighted by atomic mass is 10.2. The minimum atomic E-state index is -0.0103. The molecule has 2 N–H and O–H groups in total. The van der Waals surface area contributed by atoms with Crippen LogP contribution in [-0.2, 0) is 14.2 Å².